The fourth-order valence-electron chi connectivity index (χ4n) is 1.77. The van der Waals surface area contributed by atoms with E-state index < -0.39 is 0 Å². The molecule has 0 radical (unpaired) electrons. The maximum atomic E-state index is 4.51. The molecule has 1 N–H and O–H groups in total. The highest BCUT2D eigenvalue weighted by molar-refractivity contribution is 9.10. The van der Waals surface area contributed by atoms with Crippen LogP contribution >= 0.6 is 15.9 Å². The summed E-state index contributed by atoms with van der Waals surface area (Å²) in [5.74, 6) is 0.838. The summed E-state index contributed by atoms with van der Waals surface area (Å²) in [5.41, 5.74) is 3.74. The second-order valence-corrected chi connectivity index (χ2v) is 4.74. The van der Waals surface area contributed by atoms with Gasteiger partial charge in [0.25, 0.3) is 0 Å². The predicted octanol–water partition coefficient (Wildman–Crippen LogP) is 3.70. The molecule has 0 aliphatic carbocycles. The normalized spacial score (nSPS) is 10.9. The lowest BCUT2D eigenvalue weighted by Crippen LogP contribution is -1.82. The van der Waals surface area contributed by atoms with Crippen molar-refractivity contribution in [2.45, 2.75) is 6.92 Å². The Kier molecular flexibility index (Phi) is 2.44. The van der Waals surface area contributed by atoms with Gasteiger partial charge in [-0.25, -0.2) is 9.97 Å². The average molecular weight is 288 g/mol. The molecule has 0 fully saturated rings. The van der Waals surface area contributed by atoms with Crippen LogP contribution in [0, 0.1) is 6.92 Å². The maximum absolute atomic E-state index is 4.51. The summed E-state index contributed by atoms with van der Waals surface area (Å²) in [6, 6.07) is 12.0. The fraction of sp³-hybridized carbons (Fsp3) is 0.0769. The first-order valence-electron chi connectivity index (χ1n) is 5.32. The van der Waals surface area contributed by atoms with Crippen LogP contribution in [0.15, 0.2) is 40.9 Å². The molecule has 0 bridgehead atoms. The summed E-state index contributed by atoms with van der Waals surface area (Å²) < 4.78 is 1.02. The van der Waals surface area contributed by atoms with Crippen LogP contribution in [0.5, 0.6) is 0 Å². The van der Waals surface area contributed by atoms with Gasteiger partial charge in [0.05, 0.1) is 5.52 Å². The number of imidazole rings is 1. The maximum Gasteiger partial charge on any atom is 0.178 e. The third-order valence-corrected chi connectivity index (χ3v) is 3.31. The average Bonchev–Trinajstić information content (AvgIpc) is 2.72. The molecule has 1 aromatic carbocycles. The molecule has 0 saturated heterocycles. The lowest BCUT2D eigenvalue weighted by atomic mass is 10.2. The van der Waals surface area contributed by atoms with E-state index in [1.54, 1.807) is 0 Å². The molecule has 3 nitrogen and oxygen atoms in total. The fourth-order valence-corrected chi connectivity index (χ4v) is 2.24. The zero-order chi connectivity index (χ0) is 11.8. The van der Waals surface area contributed by atoms with E-state index in [9.17, 15) is 0 Å². The second-order valence-electron chi connectivity index (χ2n) is 3.89. The number of hydrogen-bond acceptors (Lipinski definition) is 2. The number of nitrogens with one attached hydrogen (secondary N) is 1. The van der Waals surface area contributed by atoms with E-state index in [0.717, 1.165) is 32.7 Å². The van der Waals surface area contributed by atoms with Crippen LogP contribution in [0.2, 0.25) is 0 Å². The van der Waals surface area contributed by atoms with Gasteiger partial charge in [-0.15, -0.1) is 0 Å². The summed E-state index contributed by atoms with van der Waals surface area (Å²) >= 11 is 3.52. The summed E-state index contributed by atoms with van der Waals surface area (Å²) in [5, 5.41) is 0. The van der Waals surface area contributed by atoms with E-state index in [2.05, 4.69) is 30.9 Å². The van der Waals surface area contributed by atoms with E-state index in [-0.39, 0.29) is 0 Å². The van der Waals surface area contributed by atoms with Gasteiger partial charge in [0, 0.05) is 15.7 Å². The van der Waals surface area contributed by atoms with Crippen LogP contribution in [-0.4, -0.2) is 15.0 Å². The van der Waals surface area contributed by atoms with Gasteiger partial charge in [-0.3, -0.25) is 0 Å². The molecule has 84 valence electrons. The molecule has 2 aromatic heterocycles. The first-order valence-corrected chi connectivity index (χ1v) is 6.11. The molecule has 0 saturated carbocycles. The molecule has 17 heavy (non-hydrogen) atoms. The molecular weight excluding hydrogens is 278 g/mol. The van der Waals surface area contributed by atoms with Gasteiger partial charge >= 0.3 is 0 Å². The summed E-state index contributed by atoms with van der Waals surface area (Å²) in [6.45, 7) is 1.96. The Labute approximate surface area is 107 Å². The third kappa shape index (κ3) is 1.85. The topological polar surface area (TPSA) is 41.6 Å². The number of rotatable bonds is 1. The zero-order valence-electron chi connectivity index (χ0n) is 9.24. The summed E-state index contributed by atoms with van der Waals surface area (Å²) in [7, 11) is 0. The Bertz CT molecular complexity index is 688. The number of hydrogen-bond donors (Lipinski definition) is 1. The van der Waals surface area contributed by atoms with Crippen molar-refractivity contribution in [3.8, 4) is 11.4 Å². The van der Waals surface area contributed by atoms with Crippen molar-refractivity contribution >= 4 is 27.1 Å². The van der Waals surface area contributed by atoms with Gasteiger partial charge in [0.1, 0.15) is 5.82 Å². The van der Waals surface area contributed by atoms with E-state index in [1.807, 2.05) is 43.3 Å². The molecule has 3 aromatic rings. The molecule has 0 unspecified atom stereocenters. The van der Waals surface area contributed by atoms with E-state index in [4.69, 9.17) is 0 Å². The molecule has 4 heteroatoms. The van der Waals surface area contributed by atoms with Crippen molar-refractivity contribution in [1.29, 1.82) is 0 Å². The first kappa shape index (κ1) is 10.5. The number of H-pyrrole nitrogens is 1. The lowest BCUT2D eigenvalue weighted by Gasteiger charge is -1.98. The summed E-state index contributed by atoms with van der Waals surface area (Å²) in [6.07, 6.45) is 0. The molecule has 0 spiro atoms. The van der Waals surface area contributed by atoms with Crippen LogP contribution in [0.25, 0.3) is 22.6 Å². The van der Waals surface area contributed by atoms with E-state index in [1.165, 1.54) is 0 Å². The van der Waals surface area contributed by atoms with Gasteiger partial charge in [0.15, 0.2) is 5.65 Å². The Morgan fingerprint density at radius 2 is 1.88 bits per heavy atom. The van der Waals surface area contributed by atoms with E-state index >= 15 is 0 Å². The Balaban J connectivity index is 2.22. The van der Waals surface area contributed by atoms with Crippen molar-refractivity contribution < 1.29 is 0 Å². The number of benzene rings is 1. The largest absolute Gasteiger partial charge is 0.337 e. The minimum Gasteiger partial charge on any atom is -0.337 e. The van der Waals surface area contributed by atoms with Crippen LogP contribution in [0.4, 0.5) is 0 Å². The second kappa shape index (κ2) is 3.96. The third-order valence-electron chi connectivity index (χ3n) is 2.61. The number of fused-ring (bicyclic) bond motifs is 1. The van der Waals surface area contributed by atoms with Crippen molar-refractivity contribution in [3.63, 3.8) is 0 Å². The quantitative estimate of drug-likeness (QED) is 0.742. The Morgan fingerprint density at radius 3 is 2.71 bits per heavy atom. The molecule has 0 aliphatic rings. The SMILES string of the molecule is Cc1ccc2[nH]c(-c3ccccc3Br)nc2n1. The number of aromatic amines is 1. The number of pyridine rings is 1. The standard InChI is InChI=1S/C13H10BrN3/c1-8-6-7-11-13(15-8)17-12(16-11)9-4-2-3-5-10(9)14/h2-7H,1H3,(H,15,16,17). The summed E-state index contributed by atoms with van der Waals surface area (Å²) in [4.78, 5) is 12.2. The molecule has 3 rings (SSSR count). The van der Waals surface area contributed by atoms with Crippen LogP contribution in [-0.2, 0) is 0 Å². The smallest absolute Gasteiger partial charge is 0.178 e. The number of halogens is 1. The molecule has 0 aliphatic heterocycles. The Hall–Kier alpha value is -1.68. The zero-order valence-corrected chi connectivity index (χ0v) is 10.8. The molecular formula is C13H10BrN3. The lowest BCUT2D eigenvalue weighted by molar-refractivity contribution is 1.22. The molecule has 2 heterocycles. The van der Waals surface area contributed by atoms with Gasteiger partial charge in [-0.1, -0.05) is 34.1 Å². The van der Waals surface area contributed by atoms with Crippen LogP contribution < -0.4 is 0 Å². The van der Waals surface area contributed by atoms with Crippen molar-refractivity contribution in [1.82, 2.24) is 15.0 Å². The number of nitrogens with zero attached hydrogens (tertiary/aromatic N) is 2. The van der Waals surface area contributed by atoms with Gasteiger partial charge < -0.3 is 4.98 Å². The highest BCUT2D eigenvalue weighted by Gasteiger charge is 2.08. The Morgan fingerprint density at radius 1 is 1.06 bits per heavy atom. The highest BCUT2D eigenvalue weighted by atomic mass is 79.9. The van der Waals surface area contributed by atoms with Crippen LogP contribution in [0.3, 0.4) is 0 Å². The van der Waals surface area contributed by atoms with Gasteiger partial charge in [-0.05, 0) is 25.1 Å². The van der Waals surface area contributed by atoms with Crippen molar-refractivity contribution in [2.24, 2.45) is 0 Å². The predicted molar refractivity (Wildman–Crippen MR) is 71.8 cm³/mol. The van der Waals surface area contributed by atoms with Gasteiger partial charge in [-0.2, -0.15) is 0 Å². The minimum absolute atomic E-state index is 0.760. The minimum atomic E-state index is 0.760. The van der Waals surface area contributed by atoms with Crippen molar-refractivity contribution in [2.75, 3.05) is 0 Å². The highest BCUT2D eigenvalue weighted by Crippen LogP contribution is 2.26. The monoisotopic (exact) mass is 287 g/mol. The number of aryl methyl sites for hydroxylation is 1. The van der Waals surface area contributed by atoms with Gasteiger partial charge in [0.2, 0.25) is 0 Å². The van der Waals surface area contributed by atoms with Crippen LogP contribution in [0.1, 0.15) is 5.69 Å². The van der Waals surface area contributed by atoms with E-state index in [0.29, 0.717) is 0 Å². The first-order chi connectivity index (χ1) is 8.24. The number of aromatic nitrogens is 3. The van der Waals surface area contributed by atoms with Crippen molar-refractivity contribution in [3.05, 3.63) is 46.6 Å². The molecule has 0 amide bonds. The molecule has 0 atom stereocenters.